The number of nitrogens with two attached hydrogens (primary N) is 1. The molecule has 19 heavy (non-hydrogen) atoms. The van der Waals surface area contributed by atoms with Gasteiger partial charge >= 0.3 is 5.97 Å². The molecule has 1 aromatic carbocycles. The van der Waals surface area contributed by atoms with Crippen LogP contribution in [0.2, 0.25) is 5.02 Å². The minimum Gasteiger partial charge on any atom is -0.469 e. The van der Waals surface area contributed by atoms with Crippen LogP contribution >= 0.6 is 11.6 Å². The molecule has 0 unspecified atom stereocenters. The summed E-state index contributed by atoms with van der Waals surface area (Å²) in [6.45, 7) is 1.53. The average Bonchev–Trinajstić information content (AvgIpc) is 2.33. The number of nitrogens with one attached hydrogen (secondary N) is 1. The highest BCUT2D eigenvalue weighted by Crippen LogP contribution is 2.25. The van der Waals surface area contributed by atoms with E-state index in [4.69, 9.17) is 17.3 Å². The Morgan fingerprint density at radius 2 is 2.11 bits per heavy atom. The molecule has 106 valence electrons. The first kappa shape index (κ1) is 15.7. The number of benzene rings is 1. The van der Waals surface area contributed by atoms with Gasteiger partial charge in [0, 0.05) is 17.3 Å². The predicted molar refractivity (Wildman–Crippen MR) is 72.4 cm³/mol. The van der Waals surface area contributed by atoms with Gasteiger partial charge in [0.05, 0.1) is 18.4 Å². The standard InChI is InChI=1S/C11H15ClN2O4S/c1-7-9(13)5-8(12)6-10(7)19(16,17)14-4-3-11(15)18-2/h5-6,14H,3-4,13H2,1-2H3. The number of ether oxygens (including phenoxy) is 1. The van der Waals surface area contributed by atoms with Gasteiger partial charge in [0.15, 0.2) is 0 Å². The highest BCUT2D eigenvalue weighted by atomic mass is 35.5. The molecule has 0 spiro atoms. The fourth-order valence-electron chi connectivity index (χ4n) is 1.42. The van der Waals surface area contributed by atoms with Gasteiger partial charge in [-0.2, -0.15) is 0 Å². The van der Waals surface area contributed by atoms with Crippen LogP contribution in [-0.2, 0) is 19.6 Å². The molecule has 0 radical (unpaired) electrons. The van der Waals surface area contributed by atoms with Gasteiger partial charge in [0.2, 0.25) is 10.0 Å². The third kappa shape index (κ3) is 4.09. The van der Waals surface area contributed by atoms with Gasteiger partial charge in [-0.05, 0) is 24.6 Å². The second kappa shape index (κ2) is 6.23. The monoisotopic (exact) mass is 306 g/mol. The van der Waals surface area contributed by atoms with Crippen molar-refractivity contribution in [2.45, 2.75) is 18.2 Å². The fraction of sp³-hybridized carbons (Fsp3) is 0.364. The molecule has 0 aromatic heterocycles. The van der Waals surface area contributed by atoms with E-state index < -0.39 is 16.0 Å². The van der Waals surface area contributed by atoms with Gasteiger partial charge in [-0.15, -0.1) is 0 Å². The zero-order chi connectivity index (χ0) is 14.6. The first-order chi connectivity index (χ1) is 8.77. The number of nitrogen functional groups attached to an aromatic ring is 1. The molecule has 0 aliphatic heterocycles. The summed E-state index contributed by atoms with van der Waals surface area (Å²) in [6, 6.07) is 2.79. The number of carbonyl (C=O) groups is 1. The molecular weight excluding hydrogens is 292 g/mol. The Hall–Kier alpha value is -1.31. The zero-order valence-corrected chi connectivity index (χ0v) is 12.1. The summed E-state index contributed by atoms with van der Waals surface area (Å²) in [5, 5.41) is 0.233. The maximum Gasteiger partial charge on any atom is 0.306 e. The highest BCUT2D eigenvalue weighted by molar-refractivity contribution is 7.89. The number of esters is 1. The van der Waals surface area contributed by atoms with Gasteiger partial charge < -0.3 is 10.5 Å². The topological polar surface area (TPSA) is 98.5 Å². The van der Waals surface area contributed by atoms with E-state index >= 15 is 0 Å². The molecular formula is C11H15ClN2O4S. The van der Waals surface area contributed by atoms with E-state index in [9.17, 15) is 13.2 Å². The van der Waals surface area contributed by atoms with Crippen LogP contribution in [0.25, 0.3) is 0 Å². The molecule has 0 saturated carbocycles. The minimum absolute atomic E-state index is 0.00219. The van der Waals surface area contributed by atoms with Crippen molar-refractivity contribution >= 4 is 33.3 Å². The molecule has 1 aromatic rings. The lowest BCUT2D eigenvalue weighted by molar-refractivity contribution is -0.140. The van der Waals surface area contributed by atoms with Crippen LogP contribution in [0.1, 0.15) is 12.0 Å². The predicted octanol–water partition coefficient (Wildman–Crippen LogP) is 1.07. The zero-order valence-electron chi connectivity index (χ0n) is 10.6. The van der Waals surface area contributed by atoms with Crippen LogP contribution < -0.4 is 10.5 Å². The van der Waals surface area contributed by atoms with Crippen LogP contribution in [0, 0.1) is 6.92 Å². The molecule has 8 heteroatoms. The summed E-state index contributed by atoms with van der Waals surface area (Å²) in [5.74, 6) is -0.495. The van der Waals surface area contributed by atoms with E-state index in [0.29, 0.717) is 11.3 Å². The normalized spacial score (nSPS) is 11.3. The lowest BCUT2D eigenvalue weighted by Gasteiger charge is -2.11. The van der Waals surface area contributed by atoms with Gasteiger partial charge in [-0.3, -0.25) is 4.79 Å². The first-order valence-electron chi connectivity index (χ1n) is 5.40. The molecule has 0 heterocycles. The summed E-state index contributed by atoms with van der Waals surface area (Å²) in [5.41, 5.74) is 6.37. The summed E-state index contributed by atoms with van der Waals surface area (Å²) in [6.07, 6.45) is -0.0508. The van der Waals surface area contributed by atoms with Crippen molar-refractivity contribution in [3.63, 3.8) is 0 Å². The van der Waals surface area contributed by atoms with Crippen molar-refractivity contribution in [1.82, 2.24) is 4.72 Å². The van der Waals surface area contributed by atoms with E-state index in [-0.39, 0.29) is 22.9 Å². The Morgan fingerprint density at radius 1 is 1.47 bits per heavy atom. The molecule has 0 aliphatic carbocycles. The molecule has 0 atom stereocenters. The number of sulfonamides is 1. The molecule has 3 N–H and O–H groups in total. The second-order valence-corrected chi connectivity index (χ2v) is 6.01. The van der Waals surface area contributed by atoms with Crippen LogP contribution in [-0.4, -0.2) is 28.0 Å². The maximum atomic E-state index is 12.0. The van der Waals surface area contributed by atoms with Crippen LogP contribution in [0.4, 0.5) is 5.69 Å². The van der Waals surface area contributed by atoms with Crippen molar-refractivity contribution in [3.05, 3.63) is 22.7 Å². The first-order valence-corrected chi connectivity index (χ1v) is 7.26. The highest BCUT2D eigenvalue weighted by Gasteiger charge is 2.19. The lowest BCUT2D eigenvalue weighted by Crippen LogP contribution is -2.27. The second-order valence-electron chi connectivity index (χ2n) is 3.84. The molecule has 0 bridgehead atoms. The van der Waals surface area contributed by atoms with E-state index in [1.165, 1.54) is 19.2 Å². The number of anilines is 1. The number of methoxy groups -OCH3 is 1. The fourth-order valence-corrected chi connectivity index (χ4v) is 3.04. The minimum atomic E-state index is -3.76. The van der Waals surface area contributed by atoms with E-state index in [1.54, 1.807) is 6.92 Å². The van der Waals surface area contributed by atoms with E-state index in [0.717, 1.165) is 0 Å². The average molecular weight is 307 g/mol. The number of rotatable bonds is 5. The van der Waals surface area contributed by atoms with Gasteiger partial charge in [0.25, 0.3) is 0 Å². The Morgan fingerprint density at radius 3 is 2.68 bits per heavy atom. The molecule has 0 amide bonds. The molecule has 1 rings (SSSR count). The van der Waals surface area contributed by atoms with E-state index in [1.807, 2.05) is 0 Å². The largest absolute Gasteiger partial charge is 0.469 e. The van der Waals surface area contributed by atoms with Gasteiger partial charge in [-0.25, -0.2) is 13.1 Å². The van der Waals surface area contributed by atoms with Crippen molar-refractivity contribution in [3.8, 4) is 0 Å². The smallest absolute Gasteiger partial charge is 0.306 e. The third-order valence-corrected chi connectivity index (χ3v) is 4.31. The summed E-state index contributed by atoms with van der Waals surface area (Å²) in [4.78, 5) is 10.9. The van der Waals surface area contributed by atoms with E-state index in [2.05, 4.69) is 9.46 Å². The van der Waals surface area contributed by atoms with Crippen molar-refractivity contribution < 1.29 is 17.9 Å². The van der Waals surface area contributed by atoms with Crippen LogP contribution in [0.15, 0.2) is 17.0 Å². The number of hydrogen-bond donors (Lipinski definition) is 2. The van der Waals surface area contributed by atoms with Crippen LogP contribution in [0.5, 0.6) is 0 Å². The summed E-state index contributed by atoms with van der Waals surface area (Å²) in [7, 11) is -2.53. The molecule has 0 aliphatic rings. The molecule has 0 fully saturated rings. The van der Waals surface area contributed by atoms with Crippen molar-refractivity contribution in [2.75, 3.05) is 19.4 Å². The quantitative estimate of drug-likeness (QED) is 0.626. The summed E-state index contributed by atoms with van der Waals surface area (Å²) >= 11 is 5.79. The third-order valence-electron chi connectivity index (χ3n) is 2.50. The number of halogens is 1. The Labute approximate surface area is 116 Å². The lowest BCUT2D eigenvalue weighted by atomic mass is 10.2. The van der Waals surface area contributed by atoms with Gasteiger partial charge in [0.1, 0.15) is 0 Å². The molecule has 6 nitrogen and oxygen atoms in total. The Kier molecular flexibility index (Phi) is 5.16. The SMILES string of the molecule is COC(=O)CCNS(=O)(=O)c1cc(Cl)cc(N)c1C. The van der Waals surface area contributed by atoms with Gasteiger partial charge in [-0.1, -0.05) is 11.6 Å². The van der Waals surface area contributed by atoms with Crippen LogP contribution in [0.3, 0.4) is 0 Å². The van der Waals surface area contributed by atoms with Crippen molar-refractivity contribution in [2.24, 2.45) is 0 Å². The summed E-state index contributed by atoms with van der Waals surface area (Å²) < 4.78 is 30.8. The van der Waals surface area contributed by atoms with Crippen molar-refractivity contribution in [1.29, 1.82) is 0 Å². The number of hydrogen-bond acceptors (Lipinski definition) is 5. The number of carbonyl (C=O) groups excluding carboxylic acids is 1. The molecule has 0 saturated heterocycles. The Balaban J connectivity index is 2.92. The Bertz CT molecular complexity index is 587. The maximum absolute atomic E-state index is 12.0.